The fraction of sp³-hybridized carbons (Fsp3) is 0.333. The molecule has 0 saturated carbocycles. The van der Waals surface area contributed by atoms with Crippen LogP contribution >= 0.6 is 27.5 Å². The van der Waals surface area contributed by atoms with Gasteiger partial charge in [-0.2, -0.15) is 4.31 Å². The molecule has 0 amide bonds. The summed E-state index contributed by atoms with van der Waals surface area (Å²) in [7, 11) is -3.49. The summed E-state index contributed by atoms with van der Waals surface area (Å²) < 4.78 is 27.7. The van der Waals surface area contributed by atoms with Crippen molar-refractivity contribution in [2.24, 2.45) is 0 Å². The highest BCUT2D eigenvalue weighted by Gasteiger charge is 2.29. The van der Waals surface area contributed by atoms with E-state index in [1.54, 1.807) is 37.3 Å². The van der Waals surface area contributed by atoms with E-state index in [-0.39, 0.29) is 0 Å². The quantitative estimate of drug-likeness (QED) is 0.699. The molecule has 1 aliphatic heterocycles. The maximum absolute atomic E-state index is 12.7. The van der Waals surface area contributed by atoms with Crippen LogP contribution in [0.5, 0.6) is 0 Å². The van der Waals surface area contributed by atoms with E-state index in [1.807, 2.05) is 4.90 Å². The molecule has 1 aromatic heterocycles. The Bertz CT molecular complexity index is 834. The van der Waals surface area contributed by atoms with Crippen molar-refractivity contribution in [1.82, 2.24) is 14.3 Å². The molecule has 0 bridgehead atoms. The third-order valence-electron chi connectivity index (χ3n) is 3.79. The SMILES string of the molecule is Cc1nc(Cl)cc(N2CCN(S(=O)(=O)c3cccc(Br)c3)CC2)n1. The van der Waals surface area contributed by atoms with Crippen molar-refractivity contribution in [3.05, 3.63) is 45.8 Å². The fourth-order valence-corrected chi connectivity index (χ4v) is 4.85. The van der Waals surface area contributed by atoms with Gasteiger partial charge < -0.3 is 4.90 Å². The third-order valence-corrected chi connectivity index (χ3v) is 6.37. The largest absolute Gasteiger partial charge is 0.354 e. The summed E-state index contributed by atoms with van der Waals surface area (Å²) in [6.45, 7) is 3.69. The number of hydrogen-bond acceptors (Lipinski definition) is 5. The van der Waals surface area contributed by atoms with Gasteiger partial charge in [0.25, 0.3) is 0 Å². The van der Waals surface area contributed by atoms with E-state index < -0.39 is 10.0 Å². The lowest BCUT2D eigenvalue weighted by atomic mass is 10.3. The van der Waals surface area contributed by atoms with Gasteiger partial charge >= 0.3 is 0 Å². The highest BCUT2D eigenvalue weighted by molar-refractivity contribution is 9.10. The lowest BCUT2D eigenvalue weighted by Crippen LogP contribution is -2.49. The van der Waals surface area contributed by atoms with Crippen molar-refractivity contribution in [3.63, 3.8) is 0 Å². The van der Waals surface area contributed by atoms with Gasteiger partial charge in [-0.3, -0.25) is 0 Å². The first-order valence-corrected chi connectivity index (χ1v) is 9.99. The molecule has 2 heterocycles. The second kappa shape index (κ2) is 6.95. The van der Waals surface area contributed by atoms with Gasteiger partial charge in [-0.25, -0.2) is 18.4 Å². The van der Waals surface area contributed by atoms with Gasteiger partial charge in [0.05, 0.1) is 4.90 Å². The number of nitrogens with zero attached hydrogens (tertiary/aromatic N) is 4. The number of benzene rings is 1. The van der Waals surface area contributed by atoms with Gasteiger partial charge in [-0.05, 0) is 25.1 Å². The van der Waals surface area contributed by atoms with Crippen LogP contribution in [0.25, 0.3) is 0 Å². The third kappa shape index (κ3) is 3.72. The van der Waals surface area contributed by atoms with Gasteiger partial charge in [0.1, 0.15) is 16.8 Å². The van der Waals surface area contributed by atoms with Gasteiger partial charge in [0, 0.05) is 36.7 Å². The van der Waals surface area contributed by atoms with E-state index in [1.165, 1.54) is 4.31 Å². The smallest absolute Gasteiger partial charge is 0.243 e. The minimum atomic E-state index is -3.49. The molecule has 0 N–H and O–H groups in total. The van der Waals surface area contributed by atoms with Gasteiger partial charge in [-0.1, -0.05) is 33.6 Å². The minimum absolute atomic E-state index is 0.297. The van der Waals surface area contributed by atoms with Crippen LogP contribution in [0.1, 0.15) is 5.82 Å². The maximum Gasteiger partial charge on any atom is 0.243 e. The molecule has 24 heavy (non-hydrogen) atoms. The van der Waals surface area contributed by atoms with Crippen molar-refractivity contribution < 1.29 is 8.42 Å². The molecule has 1 aliphatic rings. The molecular formula is C15H16BrClN4O2S. The molecule has 0 aliphatic carbocycles. The second-order valence-corrected chi connectivity index (χ2v) is 8.69. The van der Waals surface area contributed by atoms with Crippen molar-refractivity contribution in [3.8, 4) is 0 Å². The van der Waals surface area contributed by atoms with Crippen LogP contribution < -0.4 is 4.90 Å². The van der Waals surface area contributed by atoms with E-state index in [2.05, 4.69) is 25.9 Å². The molecule has 3 rings (SSSR count). The Morgan fingerprint density at radius 3 is 2.46 bits per heavy atom. The predicted octanol–water partition coefficient (Wildman–Crippen LogP) is 2.71. The highest BCUT2D eigenvalue weighted by atomic mass is 79.9. The number of hydrogen-bond donors (Lipinski definition) is 0. The average Bonchev–Trinajstić information content (AvgIpc) is 2.54. The first kappa shape index (κ1) is 17.6. The maximum atomic E-state index is 12.7. The molecule has 2 aromatic rings. The summed E-state index contributed by atoms with van der Waals surface area (Å²) >= 11 is 9.29. The molecule has 0 unspecified atom stereocenters. The molecule has 0 radical (unpaired) electrons. The monoisotopic (exact) mass is 430 g/mol. The average molecular weight is 432 g/mol. The van der Waals surface area contributed by atoms with E-state index in [0.717, 1.165) is 10.3 Å². The van der Waals surface area contributed by atoms with E-state index in [9.17, 15) is 8.42 Å². The molecule has 6 nitrogen and oxygen atoms in total. The number of rotatable bonds is 3. The van der Waals surface area contributed by atoms with Crippen LogP contribution in [0.2, 0.25) is 5.15 Å². The van der Waals surface area contributed by atoms with E-state index in [4.69, 9.17) is 11.6 Å². The number of piperazine rings is 1. The lowest BCUT2D eigenvalue weighted by molar-refractivity contribution is 0.383. The molecule has 128 valence electrons. The number of halogens is 2. The highest BCUT2D eigenvalue weighted by Crippen LogP contribution is 2.23. The van der Waals surface area contributed by atoms with Crippen molar-refractivity contribution >= 4 is 43.4 Å². The molecular weight excluding hydrogens is 416 g/mol. The zero-order valence-corrected chi connectivity index (χ0v) is 16.1. The molecule has 1 fully saturated rings. The second-order valence-electron chi connectivity index (χ2n) is 5.44. The van der Waals surface area contributed by atoms with Gasteiger partial charge in [0.15, 0.2) is 0 Å². The zero-order chi connectivity index (χ0) is 17.3. The van der Waals surface area contributed by atoms with Crippen LogP contribution in [-0.4, -0.2) is 48.9 Å². The van der Waals surface area contributed by atoms with Crippen LogP contribution in [0, 0.1) is 6.92 Å². The standard InChI is InChI=1S/C15H16BrClN4O2S/c1-11-18-14(17)10-15(19-11)20-5-7-21(8-6-20)24(22,23)13-4-2-3-12(16)9-13/h2-4,9-10H,5-8H2,1H3. The molecule has 1 saturated heterocycles. The fourth-order valence-electron chi connectivity index (χ4n) is 2.61. The van der Waals surface area contributed by atoms with Crippen LogP contribution in [-0.2, 0) is 10.0 Å². The molecule has 1 aromatic carbocycles. The summed E-state index contributed by atoms with van der Waals surface area (Å²) in [6, 6.07) is 8.46. The number of anilines is 1. The summed E-state index contributed by atoms with van der Waals surface area (Å²) in [5, 5.41) is 0.390. The number of aryl methyl sites for hydroxylation is 1. The van der Waals surface area contributed by atoms with Crippen LogP contribution in [0.15, 0.2) is 39.7 Å². The molecule has 9 heteroatoms. The molecule has 0 spiro atoms. The Balaban J connectivity index is 1.75. The Kier molecular flexibility index (Phi) is 5.10. The Hall–Kier alpha value is -1.22. The summed E-state index contributed by atoms with van der Waals surface area (Å²) in [6.07, 6.45) is 0. The lowest BCUT2D eigenvalue weighted by Gasteiger charge is -2.34. The molecule has 0 atom stereocenters. The van der Waals surface area contributed by atoms with Crippen molar-refractivity contribution in [1.29, 1.82) is 0 Å². The first-order chi connectivity index (χ1) is 11.4. The summed E-state index contributed by atoms with van der Waals surface area (Å²) in [5.74, 6) is 1.33. The minimum Gasteiger partial charge on any atom is -0.354 e. The summed E-state index contributed by atoms with van der Waals surface area (Å²) in [4.78, 5) is 10.7. The summed E-state index contributed by atoms with van der Waals surface area (Å²) in [5.41, 5.74) is 0. The number of sulfonamides is 1. The van der Waals surface area contributed by atoms with Crippen LogP contribution in [0.4, 0.5) is 5.82 Å². The zero-order valence-electron chi connectivity index (χ0n) is 13.0. The van der Waals surface area contributed by atoms with Crippen molar-refractivity contribution in [2.75, 3.05) is 31.1 Å². The van der Waals surface area contributed by atoms with Gasteiger partial charge in [-0.15, -0.1) is 0 Å². The first-order valence-electron chi connectivity index (χ1n) is 7.38. The van der Waals surface area contributed by atoms with E-state index in [0.29, 0.717) is 42.1 Å². The topological polar surface area (TPSA) is 66.4 Å². The number of aromatic nitrogens is 2. The normalized spacial score (nSPS) is 16.4. The van der Waals surface area contributed by atoms with Crippen LogP contribution in [0.3, 0.4) is 0 Å². The van der Waals surface area contributed by atoms with Gasteiger partial charge in [0.2, 0.25) is 10.0 Å². The Morgan fingerprint density at radius 2 is 1.83 bits per heavy atom. The Labute approximate surface area is 154 Å². The van der Waals surface area contributed by atoms with Crippen molar-refractivity contribution in [2.45, 2.75) is 11.8 Å². The van der Waals surface area contributed by atoms with E-state index >= 15 is 0 Å². The predicted molar refractivity (Wildman–Crippen MR) is 96.9 cm³/mol. The Morgan fingerprint density at radius 1 is 1.12 bits per heavy atom.